The molecule has 1 aromatic rings. The molecule has 0 bridgehead atoms. The van der Waals surface area contributed by atoms with Gasteiger partial charge in [0.1, 0.15) is 5.75 Å². The molecule has 0 heterocycles. The molecule has 1 aliphatic carbocycles. The van der Waals surface area contributed by atoms with Crippen molar-refractivity contribution in [3.8, 4) is 5.75 Å². The summed E-state index contributed by atoms with van der Waals surface area (Å²) >= 11 is 0. The molecule has 2 rings (SSSR count). The Morgan fingerprint density at radius 1 is 1.50 bits per heavy atom. The van der Waals surface area contributed by atoms with Crippen molar-refractivity contribution in [3.05, 3.63) is 18.2 Å². The Morgan fingerprint density at radius 3 is 2.81 bits per heavy atom. The lowest BCUT2D eigenvalue weighted by Gasteiger charge is -2.14. The quantitative estimate of drug-likeness (QED) is 0.750. The zero-order valence-electron chi connectivity index (χ0n) is 9.99. The highest BCUT2D eigenvalue weighted by Crippen LogP contribution is 2.36. The highest BCUT2D eigenvalue weighted by Gasteiger charge is 2.27. The van der Waals surface area contributed by atoms with Crippen molar-refractivity contribution in [2.24, 2.45) is 11.8 Å². The average Bonchev–Trinajstić information content (AvgIpc) is 3.10. The van der Waals surface area contributed by atoms with Gasteiger partial charge in [-0.15, -0.1) is 0 Å². The molecule has 0 amide bonds. The first-order chi connectivity index (χ1) is 7.70. The molecule has 16 heavy (non-hydrogen) atoms. The third-order valence-electron chi connectivity index (χ3n) is 3.30. The van der Waals surface area contributed by atoms with Crippen molar-refractivity contribution in [2.75, 3.05) is 24.7 Å². The number of nitrogen functional groups attached to an aromatic ring is 1. The van der Waals surface area contributed by atoms with Crippen LogP contribution in [0.25, 0.3) is 0 Å². The molecule has 1 fully saturated rings. The van der Waals surface area contributed by atoms with Crippen molar-refractivity contribution in [1.29, 1.82) is 0 Å². The molecule has 1 aromatic carbocycles. The van der Waals surface area contributed by atoms with E-state index in [1.165, 1.54) is 12.8 Å². The highest BCUT2D eigenvalue weighted by atomic mass is 16.5. The minimum absolute atomic E-state index is 0.738. The Bertz CT molecular complexity index is 361. The molecular formula is C13H20N2O. The highest BCUT2D eigenvalue weighted by molar-refractivity contribution is 5.68. The van der Waals surface area contributed by atoms with E-state index >= 15 is 0 Å². The van der Waals surface area contributed by atoms with E-state index in [1.54, 1.807) is 7.11 Å². The first-order valence-electron chi connectivity index (χ1n) is 5.88. The van der Waals surface area contributed by atoms with Crippen molar-refractivity contribution in [3.63, 3.8) is 0 Å². The van der Waals surface area contributed by atoms with Gasteiger partial charge in [0.2, 0.25) is 0 Å². The number of ether oxygens (including phenoxy) is 1. The molecule has 3 N–H and O–H groups in total. The van der Waals surface area contributed by atoms with E-state index in [1.807, 2.05) is 18.2 Å². The number of methoxy groups -OCH3 is 1. The van der Waals surface area contributed by atoms with E-state index in [9.17, 15) is 0 Å². The van der Waals surface area contributed by atoms with Gasteiger partial charge in [-0.1, -0.05) is 6.92 Å². The Hall–Kier alpha value is -1.38. The predicted molar refractivity (Wildman–Crippen MR) is 67.8 cm³/mol. The fraction of sp³-hybridized carbons (Fsp3) is 0.538. The smallest absolute Gasteiger partial charge is 0.121 e. The van der Waals surface area contributed by atoms with Crippen LogP contribution in [0.15, 0.2) is 18.2 Å². The first-order valence-corrected chi connectivity index (χ1v) is 5.88. The van der Waals surface area contributed by atoms with Gasteiger partial charge in [0.05, 0.1) is 18.5 Å². The molecule has 0 saturated heterocycles. The normalized spacial score (nSPS) is 16.9. The predicted octanol–water partition coefficient (Wildman–Crippen LogP) is 2.74. The molecule has 3 nitrogen and oxygen atoms in total. The van der Waals surface area contributed by atoms with Crippen LogP contribution in [0, 0.1) is 11.8 Å². The Morgan fingerprint density at radius 2 is 2.25 bits per heavy atom. The van der Waals surface area contributed by atoms with E-state index in [0.717, 1.165) is 35.5 Å². The summed E-state index contributed by atoms with van der Waals surface area (Å²) < 4.78 is 5.12. The van der Waals surface area contributed by atoms with Crippen LogP contribution in [0.4, 0.5) is 11.4 Å². The number of nitrogens with one attached hydrogen (secondary N) is 1. The van der Waals surface area contributed by atoms with Crippen LogP contribution in [0.3, 0.4) is 0 Å². The summed E-state index contributed by atoms with van der Waals surface area (Å²) in [5.74, 6) is 2.46. The number of nitrogens with two attached hydrogens (primary N) is 1. The average molecular weight is 220 g/mol. The van der Waals surface area contributed by atoms with Gasteiger partial charge in [-0.25, -0.2) is 0 Å². The summed E-state index contributed by atoms with van der Waals surface area (Å²) in [6, 6.07) is 5.76. The fourth-order valence-electron chi connectivity index (χ4n) is 1.93. The van der Waals surface area contributed by atoms with Crippen LogP contribution in [-0.2, 0) is 0 Å². The monoisotopic (exact) mass is 220 g/mol. The molecular weight excluding hydrogens is 200 g/mol. The van der Waals surface area contributed by atoms with Gasteiger partial charge in [-0.05, 0) is 36.8 Å². The van der Waals surface area contributed by atoms with Gasteiger partial charge < -0.3 is 15.8 Å². The molecule has 0 radical (unpaired) electrons. The summed E-state index contributed by atoms with van der Waals surface area (Å²) in [6.45, 7) is 3.30. The maximum Gasteiger partial charge on any atom is 0.121 e. The van der Waals surface area contributed by atoms with Gasteiger partial charge in [-0.3, -0.25) is 0 Å². The molecule has 0 aliphatic heterocycles. The summed E-state index contributed by atoms with van der Waals surface area (Å²) in [6.07, 6.45) is 2.78. The third-order valence-corrected chi connectivity index (χ3v) is 3.30. The maximum atomic E-state index is 5.93. The van der Waals surface area contributed by atoms with E-state index in [0.29, 0.717) is 0 Å². The third kappa shape index (κ3) is 2.60. The molecule has 1 aliphatic rings. The second-order valence-corrected chi connectivity index (χ2v) is 4.65. The number of rotatable bonds is 5. The van der Waals surface area contributed by atoms with Gasteiger partial charge in [-0.2, -0.15) is 0 Å². The second-order valence-electron chi connectivity index (χ2n) is 4.65. The van der Waals surface area contributed by atoms with Gasteiger partial charge in [0.25, 0.3) is 0 Å². The summed E-state index contributed by atoms with van der Waals surface area (Å²) in [7, 11) is 1.65. The number of hydrogen-bond acceptors (Lipinski definition) is 3. The van der Waals surface area contributed by atoms with Gasteiger partial charge in [0.15, 0.2) is 0 Å². The minimum atomic E-state index is 0.738. The minimum Gasteiger partial charge on any atom is -0.497 e. The fourth-order valence-corrected chi connectivity index (χ4v) is 1.93. The molecule has 1 unspecified atom stereocenters. The Balaban J connectivity index is 1.92. The van der Waals surface area contributed by atoms with Crippen LogP contribution < -0.4 is 15.8 Å². The van der Waals surface area contributed by atoms with Crippen LogP contribution in [-0.4, -0.2) is 13.7 Å². The molecule has 0 aromatic heterocycles. The standard InChI is InChI=1S/C13H20N2O/c1-9(10-3-4-10)8-15-13-6-5-11(16-2)7-12(13)14/h5-7,9-10,15H,3-4,8,14H2,1-2H3. The molecule has 88 valence electrons. The Kier molecular flexibility index (Phi) is 3.22. The molecule has 3 heteroatoms. The number of anilines is 2. The number of hydrogen-bond donors (Lipinski definition) is 2. The lowest BCUT2D eigenvalue weighted by molar-refractivity contribution is 0.415. The van der Waals surface area contributed by atoms with E-state index in [4.69, 9.17) is 10.5 Å². The lowest BCUT2D eigenvalue weighted by Crippen LogP contribution is -2.13. The van der Waals surface area contributed by atoms with Crippen LogP contribution in [0.1, 0.15) is 19.8 Å². The van der Waals surface area contributed by atoms with Crippen molar-refractivity contribution in [1.82, 2.24) is 0 Å². The van der Waals surface area contributed by atoms with Crippen molar-refractivity contribution < 1.29 is 4.74 Å². The maximum absolute atomic E-state index is 5.93. The zero-order valence-corrected chi connectivity index (χ0v) is 9.99. The van der Waals surface area contributed by atoms with Gasteiger partial charge >= 0.3 is 0 Å². The largest absolute Gasteiger partial charge is 0.497 e. The summed E-state index contributed by atoms with van der Waals surface area (Å²) in [5, 5.41) is 3.40. The summed E-state index contributed by atoms with van der Waals surface area (Å²) in [4.78, 5) is 0. The van der Waals surface area contributed by atoms with Crippen molar-refractivity contribution >= 4 is 11.4 Å². The topological polar surface area (TPSA) is 47.3 Å². The lowest BCUT2D eigenvalue weighted by atomic mass is 10.1. The van der Waals surface area contributed by atoms with Crippen LogP contribution in [0.2, 0.25) is 0 Å². The molecule has 0 spiro atoms. The van der Waals surface area contributed by atoms with Crippen molar-refractivity contribution in [2.45, 2.75) is 19.8 Å². The summed E-state index contributed by atoms with van der Waals surface area (Å²) in [5.41, 5.74) is 7.69. The molecule has 1 atom stereocenters. The van der Waals surface area contributed by atoms with Gasteiger partial charge in [0, 0.05) is 12.6 Å². The Labute approximate surface area is 97.0 Å². The number of benzene rings is 1. The van der Waals surface area contributed by atoms with E-state index in [2.05, 4.69) is 12.2 Å². The molecule has 1 saturated carbocycles. The van der Waals surface area contributed by atoms with E-state index in [-0.39, 0.29) is 0 Å². The zero-order chi connectivity index (χ0) is 11.5. The second kappa shape index (κ2) is 4.64. The SMILES string of the molecule is COc1ccc(NCC(C)C2CC2)c(N)c1. The van der Waals surface area contributed by atoms with Crippen LogP contribution >= 0.6 is 0 Å². The van der Waals surface area contributed by atoms with E-state index < -0.39 is 0 Å². The van der Waals surface area contributed by atoms with Crippen LogP contribution in [0.5, 0.6) is 5.75 Å². The first kappa shape index (κ1) is 11.1.